The maximum Gasteiger partial charge on any atom is 0.433 e. The SMILES string of the molecule is CN(C)CCCNc1nc(Nc2ccccc2I)cc(C(F)(F)F)n1. The van der Waals surface area contributed by atoms with Gasteiger partial charge in [-0.05, 0) is 61.8 Å². The summed E-state index contributed by atoms with van der Waals surface area (Å²) in [5.74, 6) is 0.0589. The largest absolute Gasteiger partial charge is 0.433 e. The van der Waals surface area contributed by atoms with E-state index in [0.717, 1.165) is 22.6 Å². The number of alkyl halides is 3. The average molecular weight is 465 g/mol. The van der Waals surface area contributed by atoms with Crippen molar-refractivity contribution in [2.75, 3.05) is 37.8 Å². The van der Waals surface area contributed by atoms with Crippen LogP contribution in [-0.4, -0.2) is 42.1 Å². The lowest BCUT2D eigenvalue weighted by atomic mass is 10.3. The van der Waals surface area contributed by atoms with Crippen LogP contribution in [0.25, 0.3) is 0 Å². The Hall–Kier alpha value is -1.62. The van der Waals surface area contributed by atoms with Gasteiger partial charge in [-0.15, -0.1) is 0 Å². The van der Waals surface area contributed by atoms with Crippen LogP contribution in [0.1, 0.15) is 12.1 Å². The third-order valence-corrected chi connectivity index (χ3v) is 4.16. The van der Waals surface area contributed by atoms with Gasteiger partial charge < -0.3 is 15.5 Å². The molecular formula is C16H19F3IN5. The number of nitrogens with zero attached hydrogens (tertiary/aromatic N) is 3. The minimum absolute atomic E-state index is 0.0398. The first kappa shape index (κ1) is 19.7. The van der Waals surface area contributed by atoms with Gasteiger partial charge in [0.25, 0.3) is 0 Å². The molecular weight excluding hydrogens is 446 g/mol. The smallest absolute Gasteiger partial charge is 0.354 e. The van der Waals surface area contributed by atoms with Crippen LogP contribution in [0.5, 0.6) is 0 Å². The molecule has 9 heteroatoms. The predicted octanol–water partition coefficient (Wildman–Crippen LogP) is 4.21. The molecule has 1 aromatic carbocycles. The topological polar surface area (TPSA) is 53.1 Å². The van der Waals surface area contributed by atoms with Gasteiger partial charge in [0.15, 0.2) is 5.69 Å². The number of hydrogen-bond acceptors (Lipinski definition) is 5. The van der Waals surface area contributed by atoms with Gasteiger partial charge in [0.1, 0.15) is 5.82 Å². The summed E-state index contributed by atoms with van der Waals surface area (Å²) in [4.78, 5) is 9.73. The molecule has 0 aliphatic heterocycles. The Kier molecular flexibility index (Phi) is 6.82. The van der Waals surface area contributed by atoms with E-state index in [1.807, 2.05) is 31.1 Å². The molecule has 0 spiro atoms. The normalized spacial score (nSPS) is 11.6. The molecule has 0 saturated carbocycles. The van der Waals surface area contributed by atoms with E-state index in [4.69, 9.17) is 0 Å². The summed E-state index contributed by atoms with van der Waals surface area (Å²) in [6.07, 6.45) is -3.77. The highest BCUT2D eigenvalue weighted by Crippen LogP contribution is 2.31. The average Bonchev–Trinajstić information content (AvgIpc) is 2.53. The van der Waals surface area contributed by atoms with Crippen LogP contribution in [-0.2, 0) is 6.18 Å². The Morgan fingerprint density at radius 1 is 1.16 bits per heavy atom. The second kappa shape index (κ2) is 8.65. The van der Waals surface area contributed by atoms with E-state index < -0.39 is 11.9 Å². The van der Waals surface area contributed by atoms with Crippen LogP contribution >= 0.6 is 22.6 Å². The molecule has 5 nitrogen and oxygen atoms in total. The van der Waals surface area contributed by atoms with Gasteiger partial charge in [-0.2, -0.15) is 18.2 Å². The Morgan fingerprint density at radius 3 is 2.52 bits per heavy atom. The molecule has 1 aromatic heterocycles. The van der Waals surface area contributed by atoms with Gasteiger partial charge >= 0.3 is 6.18 Å². The van der Waals surface area contributed by atoms with Crippen LogP contribution in [0, 0.1) is 3.57 Å². The maximum absolute atomic E-state index is 13.1. The number of anilines is 3. The highest BCUT2D eigenvalue weighted by atomic mass is 127. The molecule has 2 rings (SSSR count). The van der Waals surface area contributed by atoms with Crippen molar-refractivity contribution in [2.24, 2.45) is 0 Å². The van der Waals surface area contributed by atoms with Crippen molar-refractivity contribution in [3.8, 4) is 0 Å². The lowest BCUT2D eigenvalue weighted by Crippen LogP contribution is -2.18. The van der Waals surface area contributed by atoms with Gasteiger partial charge in [0.05, 0.1) is 5.69 Å². The molecule has 0 amide bonds. The summed E-state index contributed by atoms with van der Waals surface area (Å²) >= 11 is 2.11. The number of rotatable bonds is 7. The summed E-state index contributed by atoms with van der Waals surface area (Å²) in [5.41, 5.74) is -0.292. The molecule has 0 atom stereocenters. The quantitative estimate of drug-likeness (QED) is 0.474. The van der Waals surface area contributed by atoms with Gasteiger partial charge in [0.2, 0.25) is 5.95 Å². The van der Waals surface area contributed by atoms with Crippen LogP contribution in [0.3, 0.4) is 0 Å². The van der Waals surface area contributed by atoms with Crippen LogP contribution in [0.15, 0.2) is 30.3 Å². The summed E-state index contributed by atoms with van der Waals surface area (Å²) in [7, 11) is 3.87. The molecule has 0 radical (unpaired) electrons. The molecule has 0 aliphatic rings. The maximum atomic E-state index is 13.1. The molecule has 2 aromatic rings. The zero-order chi connectivity index (χ0) is 18.4. The number of nitrogens with one attached hydrogen (secondary N) is 2. The number of benzene rings is 1. The first-order valence-corrected chi connectivity index (χ1v) is 8.70. The highest BCUT2D eigenvalue weighted by Gasteiger charge is 2.33. The first-order valence-electron chi connectivity index (χ1n) is 7.62. The van der Waals surface area contributed by atoms with Crippen molar-refractivity contribution in [3.63, 3.8) is 0 Å². The van der Waals surface area contributed by atoms with E-state index in [1.165, 1.54) is 0 Å². The number of hydrogen-bond donors (Lipinski definition) is 2. The standard InChI is InChI=1S/C16H19F3IN5/c1-25(2)9-5-8-21-15-23-13(16(17,18)19)10-14(24-15)22-12-7-4-3-6-11(12)20/h3-4,6-7,10H,5,8-9H2,1-2H3,(H2,21,22,23,24). The number of halogens is 4. The minimum Gasteiger partial charge on any atom is -0.354 e. The molecule has 0 aliphatic carbocycles. The fraction of sp³-hybridized carbons (Fsp3) is 0.375. The fourth-order valence-corrected chi connectivity index (χ4v) is 2.55. The van der Waals surface area contributed by atoms with Crippen molar-refractivity contribution in [1.29, 1.82) is 0 Å². The summed E-state index contributed by atoms with van der Waals surface area (Å²) in [5, 5.41) is 5.79. The number of aromatic nitrogens is 2. The Labute approximate surface area is 158 Å². The van der Waals surface area contributed by atoms with Gasteiger partial charge in [-0.25, -0.2) is 4.98 Å². The van der Waals surface area contributed by atoms with E-state index in [0.29, 0.717) is 12.2 Å². The molecule has 25 heavy (non-hydrogen) atoms. The third kappa shape index (κ3) is 6.31. The van der Waals surface area contributed by atoms with Gasteiger partial charge in [0, 0.05) is 16.2 Å². The second-order valence-electron chi connectivity index (χ2n) is 5.65. The highest BCUT2D eigenvalue weighted by molar-refractivity contribution is 14.1. The second-order valence-corrected chi connectivity index (χ2v) is 6.81. The van der Waals surface area contributed by atoms with E-state index in [9.17, 15) is 13.2 Å². The number of para-hydroxylation sites is 1. The molecule has 2 N–H and O–H groups in total. The van der Waals surface area contributed by atoms with Gasteiger partial charge in [-0.1, -0.05) is 12.1 Å². The van der Waals surface area contributed by atoms with Crippen LogP contribution in [0.2, 0.25) is 0 Å². The van der Waals surface area contributed by atoms with E-state index in [-0.39, 0.29) is 11.8 Å². The Bertz CT molecular complexity index is 706. The molecule has 0 bridgehead atoms. The summed E-state index contributed by atoms with van der Waals surface area (Å²) < 4.78 is 40.2. The minimum atomic E-state index is -4.54. The Balaban J connectivity index is 2.20. The Morgan fingerprint density at radius 2 is 1.88 bits per heavy atom. The van der Waals surface area contributed by atoms with Crippen molar-refractivity contribution in [2.45, 2.75) is 12.6 Å². The predicted molar refractivity (Wildman–Crippen MR) is 101 cm³/mol. The monoisotopic (exact) mass is 465 g/mol. The third-order valence-electron chi connectivity index (χ3n) is 3.22. The molecule has 136 valence electrons. The van der Waals surface area contributed by atoms with Crippen molar-refractivity contribution in [1.82, 2.24) is 14.9 Å². The molecule has 1 heterocycles. The zero-order valence-electron chi connectivity index (χ0n) is 13.9. The van der Waals surface area contributed by atoms with Crippen LogP contribution in [0.4, 0.5) is 30.6 Å². The summed E-state index contributed by atoms with van der Waals surface area (Å²) in [6.45, 7) is 1.31. The lowest BCUT2D eigenvalue weighted by molar-refractivity contribution is -0.141. The fourth-order valence-electron chi connectivity index (χ4n) is 2.03. The van der Waals surface area contributed by atoms with E-state index in [2.05, 4.69) is 43.2 Å². The molecule has 0 saturated heterocycles. The van der Waals surface area contributed by atoms with E-state index >= 15 is 0 Å². The molecule has 0 fully saturated rings. The lowest BCUT2D eigenvalue weighted by Gasteiger charge is -2.14. The zero-order valence-corrected chi connectivity index (χ0v) is 16.0. The summed E-state index contributed by atoms with van der Waals surface area (Å²) in [6, 6.07) is 8.20. The van der Waals surface area contributed by atoms with Crippen molar-refractivity contribution in [3.05, 3.63) is 39.6 Å². The van der Waals surface area contributed by atoms with Crippen molar-refractivity contribution < 1.29 is 13.2 Å². The van der Waals surface area contributed by atoms with Crippen LogP contribution < -0.4 is 10.6 Å². The first-order chi connectivity index (χ1) is 11.8. The molecule has 0 unspecified atom stereocenters. The van der Waals surface area contributed by atoms with Crippen molar-refractivity contribution >= 4 is 40.0 Å². The van der Waals surface area contributed by atoms with Gasteiger partial charge in [-0.3, -0.25) is 0 Å². The van der Waals surface area contributed by atoms with E-state index in [1.54, 1.807) is 12.1 Å².